The average molecular weight is 295 g/mol. The van der Waals surface area contributed by atoms with Crippen LogP contribution in [-0.2, 0) is 15.7 Å². The Hall–Kier alpha value is -0.330. The van der Waals surface area contributed by atoms with Gasteiger partial charge in [0.05, 0.1) is 15.6 Å². The normalized spacial score (nSPS) is 18.1. The van der Waals surface area contributed by atoms with Gasteiger partial charge >= 0.3 is 0 Å². The Kier molecular flexibility index (Phi) is 3.40. The van der Waals surface area contributed by atoms with Crippen molar-refractivity contribution in [2.45, 2.75) is 18.4 Å². The molecular formula is C10H12Cl2N2O2S. The van der Waals surface area contributed by atoms with Crippen LogP contribution in [-0.4, -0.2) is 15.5 Å². The molecule has 0 radical (unpaired) electrons. The monoisotopic (exact) mass is 294 g/mol. The van der Waals surface area contributed by atoms with Gasteiger partial charge in [0, 0.05) is 7.05 Å². The number of halogens is 2. The van der Waals surface area contributed by atoms with Gasteiger partial charge in [-0.1, -0.05) is 29.3 Å². The highest BCUT2D eigenvalue weighted by Gasteiger charge is 2.47. The Morgan fingerprint density at radius 1 is 1.24 bits per heavy atom. The van der Waals surface area contributed by atoms with Crippen LogP contribution in [0.4, 0.5) is 0 Å². The summed E-state index contributed by atoms with van der Waals surface area (Å²) >= 11 is 11.8. The molecule has 1 aliphatic carbocycles. The van der Waals surface area contributed by atoms with Crippen molar-refractivity contribution in [1.82, 2.24) is 9.44 Å². The van der Waals surface area contributed by atoms with E-state index in [2.05, 4.69) is 9.44 Å². The summed E-state index contributed by atoms with van der Waals surface area (Å²) in [5.41, 5.74) is 0.307. The largest absolute Gasteiger partial charge is 0.277 e. The second kappa shape index (κ2) is 4.40. The predicted molar refractivity (Wildman–Crippen MR) is 68.5 cm³/mol. The Morgan fingerprint density at radius 2 is 1.88 bits per heavy atom. The molecule has 0 aromatic heterocycles. The molecule has 0 unspecified atom stereocenters. The standard InChI is InChI=1S/C10H12Cl2N2O2S/c1-13-17(15,16)14-10(4-5-10)7-2-3-8(11)9(12)6-7/h2-3,6,13-14H,4-5H2,1H3. The third-order valence-corrected chi connectivity index (χ3v) is 4.76. The molecule has 0 amide bonds. The second-order valence-electron chi connectivity index (χ2n) is 4.02. The molecule has 0 aliphatic heterocycles. The van der Waals surface area contributed by atoms with Crippen molar-refractivity contribution >= 4 is 33.4 Å². The molecule has 1 aliphatic rings. The third-order valence-electron chi connectivity index (χ3n) is 2.82. The van der Waals surface area contributed by atoms with E-state index < -0.39 is 15.7 Å². The van der Waals surface area contributed by atoms with Gasteiger partial charge in [-0.3, -0.25) is 0 Å². The molecule has 0 bridgehead atoms. The van der Waals surface area contributed by atoms with Crippen LogP contribution in [0.3, 0.4) is 0 Å². The van der Waals surface area contributed by atoms with E-state index in [1.54, 1.807) is 18.2 Å². The Balaban J connectivity index is 2.30. The van der Waals surface area contributed by atoms with Gasteiger partial charge in [-0.2, -0.15) is 13.1 Å². The summed E-state index contributed by atoms with van der Waals surface area (Å²) in [6, 6.07) is 5.17. The molecule has 1 aromatic carbocycles. The molecule has 1 aromatic rings. The van der Waals surface area contributed by atoms with Gasteiger partial charge in [0.25, 0.3) is 10.2 Å². The van der Waals surface area contributed by atoms with E-state index >= 15 is 0 Å². The first-order valence-corrected chi connectivity index (χ1v) is 7.30. The molecule has 0 saturated heterocycles. The zero-order valence-corrected chi connectivity index (χ0v) is 11.5. The van der Waals surface area contributed by atoms with Crippen molar-refractivity contribution in [3.05, 3.63) is 33.8 Å². The van der Waals surface area contributed by atoms with E-state index in [0.717, 1.165) is 18.4 Å². The second-order valence-corrected chi connectivity index (χ2v) is 6.45. The Labute approximate surface area is 110 Å². The maximum absolute atomic E-state index is 11.5. The van der Waals surface area contributed by atoms with Crippen LogP contribution in [0.2, 0.25) is 10.0 Å². The van der Waals surface area contributed by atoms with E-state index in [0.29, 0.717) is 10.0 Å². The van der Waals surface area contributed by atoms with Crippen LogP contribution in [0.15, 0.2) is 18.2 Å². The van der Waals surface area contributed by atoms with E-state index in [4.69, 9.17) is 23.2 Å². The first-order valence-electron chi connectivity index (χ1n) is 5.06. The molecule has 94 valence electrons. The van der Waals surface area contributed by atoms with E-state index in [1.165, 1.54) is 7.05 Å². The quantitative estimate of drug-likeness (QED) is 0.893. The first-order chi connectivity index (χ1) is 7.88. The van der Waals surface area contributed by atoms with Gasteiger partial charge < -0.3 is 0 Å². The highest BCUT2D eigenvalue weighted by atomic mass is 35.5. The molecule has 2 N–H and O–H groups in total. The number of nitrogens with one attached hydrogen (secondary N) is 2. The van der Waals surface area contributed by atoms with Crippen molar-refractivity contribution in [3.8, 4) is 0 Å². The van der Waals surface area contributed by atoms with Crippen LogP contribution in [0.25, 0.3) is 0 Å². The lowest BCUT2D eigenvalue weighted by atomic mass is 10.1. The molecule has 0 heterocycles. The minimum Gasteiger partial charge on any atom is -0.205 e. The van der Waals surface area contributed by atoms with Crippen molar-refractivity contribution in [2.24, 2.45) is 0 Å². The molecular weight excluding hydrogens is 283 g/mol. The fourth-order valence-corrected chi connectivity index (χ4v) is 2.91. The van der Waals surface area contributed by atoms with Crippen LogP contribution < -0.4 is 9.44 Å². The summed E-state index contributed by atoms with van der Waals surface area (Å²) in [4.78, 5) is 0. The number of rotatable bonds is 4. The summed E-state index contributed by atoms with van der Waals surface area (Å²) in [6.45, 7) is 0. The minimum absolute atomic E-state index is 0.430. The van der Waals surface area contributed by atoms with Gasteiger partial charge in [0.15, 0.2) is 0 Å². The number of hydrogen-bond donors (Lipinski definition) is 2. The smallest absolute Gasteiger partial charge is 0.205 e. The van der Waals surface area contributed by atoms with Crippen LogP contribution in [0.1, 0.15) is 18.4 Å². The number of benzene rings is 1. The van der Waals surface area contributed by atoms with Crippen LogP contribution in [0.5, 0.6) is 0 Å². The Bertz CT molecular complexity index is 541. The van der Waals surface area contributed by atoms with Gasteiger partial charge in [-0.05, 0) is 30.5 Å². The summed E-state index contributed by atoms with van der Waals surface area (Å²) in [5.74, 6) is 0. The zero-order valence-electron chi connectivity index (χ0n) is 9.13. The predicted octanol–water partition coefficient (Wildman–Crippen LogP) is 2.04. The van der Waals surface area contributed by atoms with Crippen molar-refractivity contribution < 1.29 is 8.42 Å². The molecule has 7 heteroatoms. The molecule has 2 rings (SSSR count). The molecule has 4 nitrogen and oxygen atoms in total. The molecule has 1 fully saturated rings. The molecule has 1 saturated carbocycles. The zero-order chi connectivity index (χ0) is 12.7. The highest BCUT2D eigenvalue weighted by Crippen LogP contribution is 2.47. The summed E-state index contributed by atoms with van der Waals surface area (Å²) in [6.07, 6.45) is 1.51. The van der Waals surface area contributed by atoms with Gasteiger partial charge in [-0.15, -0.1) is 0 Å². The average Bonchev–Trinajstić information content (AvgIpc) is 3.02. The lowest BCUT2D eigenvalue weighted by Crippen LogP contribution is -2.41. The van der Waals surface area contributed by atoms with E-state index in [1.807, 2.05) is 0 Å². The van der Waals surface area contributed by atoms with Crippen LogP contribution >= 0.6 is 23.2 Å². The fraction of sp³-hybridized carbons (Fsp3) is 0.400. The summed E-state index contributed by atoms with van der Waals surface area (Å²) in [5, 5.41) is 0.891. The summed E-state index contributed by atoms with van der Waals surface area (Å²) in [7, 11) is -2.09. The minimum atomic E-state index is -3.46. The van der Waals surface area contributed by atoms with Crippen LogP contribution in [0, 0.1) is 0 Å². The van der Waals surface area contributed by atoms with Crippen molar-refractivity contribution in [2.75, 3.05) is 7.05 Å². The maximum atomic E-state index is 11.5. The van der Waals surface area contributed by atoms with Crippen molar-refractivity contribution in [1.29, 1.82) is 0 Å². The first kappa shape index (κ1) is 13.1. The molecule has 0 spiro atoms. The highest BCUT2D eigenvalue weighted by molar-refractivity contribution is 7.87. The Morgan fingerprint density at radius 3 is 2.35 bits per heavy atom. The van der Waals surface area contributed by atoms with Gasteiger partial charge in [0.1, 0.15) is 0 Å². The SMILES string of the molecule is CNS(=O)(=O)NC1(c2ccc(Cl)c(Cl)c2)CC1. The number of hydrogen-bond acceptors (Lipinski definition) is 2. The lowest BCUT2D eigenvalue weighted by molar-refractivity contribution is 0.544. The molecule has 17 heavy (non-hydrogen) atoms. The fourth-order valence-electron chi connectivity index (χ4n) is 1.68. The lowest BCUT2D eigenvalue weighted by Gasteiger charge is -2.17. The van der Waals surface area contributed by atoms with E-state index in [9.17, 15) is 8.42 Å². The third kappa shape index (κ3) is 2.74. The summed E-state index contributed by atoms with van der Waals surface area (Å²) < 4.78 is 27.8. The van der Waals surface area contributed by atoms with Crippen molar-refractivity contribution in [3.63, 3.8) is 0 Å². The maximum Gasteiger partial charge on any atom is 0.277 e. The molecule has 0 atom stereocenters. The van der Waals surface area contributed by atoms with Gasteiger partial charge in [0.2, 0.25) is 0 Å². The van der Waals surface area contributed by atoms with E-state index in [-0.39, 0.29) is 0 Å². The van der Waals surface area contributed by atoms with Gasteiger partial charge in [-0.25, -0.2) is 4.72 Å². The topological polar surface area (TPSA) is 58.2 Å².